The molecule has 2 atom stereocenters. The second-order valence-corrected chi connectivity index (χ2v) is 7.14. The van der Waals surface area contributed by atoms with Crippen LogP contribution in [0.5, 0.6) is 0 Å². The summed E-state index contributed by atoms with van der Waals surface area (Å²) in [5, 5.41) is 14.4. The number of rotatable bonds is 5. The molecule has 1 aliphatic carbocycles. The van der Waals surface area contributed by atoms with E-state index in [1.165, 1.54) is 5.57 Å². The van der Waals surface area contributed by atoms with Gasteiger partial charge in [0.2, 0.25) is 5.92 Å². The van der Waals surface area contributed by atoms with Gasteiger partial charge in [-0.05, 0) is 44.0 Å². The first-order valence-electron chi connectivity index (χ1n) is 9.13. The number of benzene rings is 1. The van der Waals surface area contributed by atoms with Crippen LogP contribution in [0.25, 0.3) is 0 Å². The van der Waals surface area contributed by atoms with E-state index in [-0.39, 0.29) is 19.4 Å². The van der Waals surface area contributed by atoms with Crippen molar-refractivity contribution in [3.63, 3.8) is 0 Å². The Balaban J connectivity index is 1.76. The van der Waals surface area contributed by atoms with Crippen LogP contribution >= 0.6 is 0 Å². The molecule has 2 N–H and O–H groups in total. The van der Waals surface area contributed by atoms with Crippen LogP contribution in [0.1, 0.15) is 37.7 Å². The van der Waals surface area contributed by atoms with Crippen molar-refractivity contribution in [1.82, 2.24) is 5.32 Å². The molecule has 0 spiro atoms. The molecule has 1 aromatic carbocycles. The molecule has 1 aliphatic heterocycles. The first kappa shape index (κ1) is 19.0. The van der Waals surface area contributed by atoms with E-state index >= 15 is 0 Å². The van der Waals surface area contributed by atoms with Crippen molar-refractivity contribution < 1.29 is 23.4 Å². The van der Waals surface area contributed by atoms with E-state index in [0.29, 0.717) is 5.56 Å². The molecule has 3 rings (SSSR count). The Bertz CT molecular complexity index is 654. The molecule has 0 bridgehead atoms. The highest BCUT2D eigenvalue weighted by Crippen LogP contribution is 2.47. The van der Waals surface area contributed by atoms with Gasteiger partial charge in [-0.15, -0.1) is 0 Å². The molecule has 0 amide bonds. The minimum Gasteiger partial charge on any atom is -0.459 e. The van der Waals surface area contributed by atoms with E-state index < -0.39 is 29.8 Å². The third kappa shape index (κ3) is 4.13. The lowest BCUT2D eigenvalue weighted by Gasteiger charge is -2.32. The van der Waals surface area contributed by atoms with Crippen molar-refractivity contribution in [3.8, 4) is 0 Å². The summed E-state index contributed by atoms with van der Waals surface area (Å²) in [6.07, 6.45) is 2.90. The lowest BCUT2D eigenvalue weighted by atomic mass is 9.80. The topological polar surface area (TPSA) is 58.6 Å². The van der Waals surface area contributed by atoms with Gasteiger partial charge in [-0.1, -0.05) is 35.9 Å². The Morgan fingerprint density at radius 1 is 1.31 bits per heavy atom. The van der Waals surface area contributed by atoms with Gasteiger partial charge < -0.3 is 15.2 Å². The molecule has 1 heterocycles. The molecule has 0 aromatic heterocycles. The Hall–Kier alpha value is -1.79. The number of piperidine rings is 1. The zero-order valence-corrected chi connectivity index (χ0v) is 14.7. The molecule has 4 nitrogen and oxygen atoms in total. The maximum atomic E-state index is 13.7. The molecule has 1 aromatic rings. The molecule has 142 valence electrons. The van der Waals surface area contributed by atoms with Gasteiger partial charge >= 0.3 is 5.97 Å². The van der Waals surface area contributed by atoms with E-state index in [2.05, 4.69) is 5.32 Å². The number of ether oxygens (including phenoxy) is 1. The highest BCUT2D eigenvalue weighted by atomic mass is 19.3. The van der Waals surface area contributed by atoms with Crippen LogP contribution < -0.4 is 5.32 Å². The van der Waals surface area contributed by atoms with Crippen LogP contribution in [0.2, 0.25) is 0 Å². The number of hydrogen-bond acceptors (Lipinski definition) is 4. The van der Waals surface area contributed by atoms with Crippen molar-refractivity contribution >= 4 is 5.97 Å². The molecule has 6 heteroatoms. The van der Waals surface area contributed by atoms with Gasteiger partial charge in [0.15, 0.2) is 5.60 Å². The number of carbonyl (C=O) groups excluding carboxylic acids is 1. The number of carbonyl (C=O) groups is 1. The van der Waals surface area contributed by atoms with Gasteiger partial charge in [0.25, 0.3) is 0 Å². The highest BCUT2D eigenvalue weighted by Gasteiger charge is 2.54. The van der Waals surface area contributed by atoms with Gasteiger partial charge in [-0.25, -0.2) is 13.6 Å². The predicted octanol–water partition coefficient (Wildman–Crippen LogP) is 3.16. The van der Waals surface area contributed by atoms with Crippen molar-refractivity contribution in [2.45, 2.75) is 43.6 Å². The summed E-state index contributed by atoms with van der Waals surface area (Å²) in [6, 6.07) is 8.28. The van der Waals surface area contributed by atoms with Crippen molar-refractivity contribution in [2.75, 3.05) is 19.7 Å². The summed E-state index contributed by atoms with van der Waals surface area (Å²) in [7, 11) is 0. The average molecular weight is 365 g/mol. The summed E-state index contributed by atoms with van der Waals surface area (Å²) in [5.74, 6) is -4.57. The fourth-order valence-electron chi connectivity index (χ4n) is 3.82. The largest absolute Gasteiger partial charge is 0.459 e. The van der Waals surface area contributed by atoms with Gasteiger partial charge in [-0.2, -0.15) is 0 Å². The first-order valence-corrected chi connectivity index (χ1v) is 9.13. The minimum atomic E-state index is -2.86. The van der Waals surface area contributed by atoms with E-state index in [0.717, 1.165) is 25.9 Å². The van der Waals surface area contributed by atoms with E-state index in [4.69, 9.17) is 4.74 Å². The maximum absolute atomic E-state index is 13.7. The van der Waals surface area contributed by atoms with Crippen LogP contribution in [0.15, 0.2) is 42.0 Å². The molecule has 2 aliphatic rings. The van der Waals surface area contributed by atoms with E-state index in [1.54, 1.807) is 30.3 Å². The summed E-state index contributed by atoms with van der Waals surface area (Å²) >= 11 is 0. The standard InChI is InChI=1S/C20H25F2NO3/c21-19(22)10-6-17(14-19)20(25,16-4-2-1-3-5-16)18(24)26-13-9-15-7-11-23-12-8-15/h1-5,9,17,23,25H,6-8,10-14H2/t17-,20+/m1/s1. The quantitative estimate of drug-likeness (QED) is 0.622. The average Bonchev–Trinajstić information content (AvgIpc) is 3.03. The summed E-state index contributed by atoms with van der Waals surface area (Å²) in [5.41, 5.74) is -0.539. The number of hydrogen-bond donors (Lipinski definition) is 2. The second-order valence-electron chi connectivity index (χ2n) is 7.14. The maximum Gasteiger partial charge on any atom is 0.343 e. The smallest absolute Gasteiger partial charge is 0.343 e. The van der Waals surface area contributed by atoms with Gasteiger partial charge in [0, 0.05) is 18.8 Å². The minimum absolute atomic E-state index is 0.0480. The molecular weight excluding hydrogens is 340 g/mol. The number of esters is 1. The molecule has 0 radical (unpaired) electrons. The third-order valence-corrected chi connectivity index (χ3v) is 5.35. The van der Waals surface area contributed by atoms with Gasteiger partial charge in [-0.3, -0.25) is 0 Å². The summed E-state index contributed by atoms with van der Waals surface area (Å²) in [4.78, 5) is 12.7. The number of nitrogens with one attached hydrogen (secondary N) is 1. The Kier molecular flexibility index (Phi) is 5.73. The highest BCUT2D eigenvalue weighted by molar-refractivity contribution is 5.81. The number of alkyl halides is 2. The van der Waals surface area contributed by atoms with Crippen LogP contribution in [-0.2, 0) is 15.1 Å². The fraction of sp³-hybridized carbons (Fsp3) is 0.550. The Morgan fingerprint density at radius 3 is 2.62 bits per heavy atom. The molecule has 1 saturated carbocycles. The van der Waals surface area contributed by atoms with Crippen LogP contribution in [0, 0.1) is 5.92 Å². The van der Waals surface area contributed by atoms with Crippen LogP contribution in [0.3, 0.4) is 0 Å². The normalized spacial score (nSPS) is 24.7. The van der Waals surface area contributed by atoms with E-state index in [9.17, 15) is 18.7 Å². The lowest BCUT2D eigenvalue weighted by Crippen LogP contribution is -2.44. The first-order chi connectivity index (χ1) is 12.4. The zero-order chi connectivity index (χ0) is 18.6. The predicted molar refractivity (Wildman–Crippen MR) is 93.8 cm³/mol. The monoisotopic (exact) mass is 365 g/mol. The SMILES string of the molecule is O=C(OCC=C1CCNCC1)[C@](O)(c1ccccc1)[C@@H]1CCC(F)(F)C1. The molecule has 2 fully saturated rings. The Labute approximate surface area is 152 Å². The summed E-state index contributed by atoms with van der Waals surface area (Å²) < 4.78 is 32.8. The van der Waals surface area contributed by atoms with E-state index in [1.807, 2.05) is 6.08 Å². The molecule has 1 saturated heterocycles. The zero-order valence-electron chi connectivity index (χ0n) is 14.7. The molecule has 0 unspecified atom stereocenters. The molecular formula is C20H25F2NO3. The number of aliphatic hydroxyl groups is 1. The van der Waals surface area contributed by atoms with Gasteiger partial charge in [0.1, 0.15) is 6.61 Å². The van der Waals surface area contributed by atoms with Crippen LogP contribution in [-0.4, -0.2) is 36.7 Å². The van der Waals surface area contributed by atoms with Crippen molar-refractivity contribution in [2.24, 2.45) is 5.92 Å². The third-order valence-electron chi connectivity index (χ3n) is 5.35. The number of halogens is 2. The van der Waals surface area contributed by atoms with Gasteiger partial charge in [0.05, 0.1) is 0 Å². The Morgan fingerprint density at radius 2 is 2.00 bits per heavy atom. The van der Waals surface area contributed by atoms with Crippen LogP contribution in [0.4, 0.5) is 8.78 Å². The van der Waals surface area contributed by atoms with Crippen molar-refractivity contribution in [1.29, 1.82) is 0 Å². The second kappa shape index (κ2) is 7.84. The van der Waals surface area contributed by atoms with Crippen molar-refractivity contribution in [3.05, 3.63) is 47.5 Å². The summed E-state index contributed by atoms with van der Waals surface area (Å²) in [6.45, 7) is 1.84. The lowest BCUT2D eigenvalue weighted by molar-refractivity contribution is -0.173. The fourth-order valence-corrected chi connectivity index (χ4v) is 3.82. The molecule has 26 heavy (non-hydrogen) atoms.